The number of benzene rings is 2. The van der Waals surface area contributed by atoms with Gasteiger partial charge in [0.25, 0.3) is 0 Å². The molecule has 0 amide bonds. The summed E-state index contributed by atoms with van der Waals surface area (Å²) in [6.07, 6.45) is 3.13. The zero-order valence-electron chi connectivity index (χ0n) is 10.4. The molecule has 0 aliphatic carbocycles. The highest BCUT2D eigenvalue weighted by atomic mass is 79.9. The summed E-state index contributed by atoms with van der Waals surface area (Å²) in [4.78, 5) is 22.7. The fraction of sp³-hybridized carbons (Fsp3) is 0. The van der Waals surface area contributed by atoms with Crippen LogP contribution in [-0.4, -0.2) is 16.9 Å². The highest BCUT2D eigenvalue weighted by Gasteiger charge is 2.03. The van der Waals surface area contributed by atoms with Crippen molar-refractivity contribution in [2.75, 3.05) is 0 Å². The lowest BCUT2D eigenvalue weighted by Crippen LogP contribution is -1.95. The molecule has 0 aliphatic heterocycles. The Morgan fingerprint density at radius 2 is 1.70 bits per heavy atom. The van der Waals surface area contributed by atoms with Gasteiger partial charge in [-0.1, -0.05) is 46.3 Å². The highest BCUT2D eigenvalue weighted by molar-refractivity contribution is 9.10. The number of carboxylic acids is 1. The van der Waals surface area contributed by atoms with Crippen molar-refractivity contribution in [1.29, 1.82) is 0 Å². The number of hydrogen-bond donors (Lipinski definition) is 1. The Kier molecular flexibility index (Phi) is 4.48. The van der Waals surface area contributed by atoms with Crippen LogP contribution < -0.4 is 0 Å². The van der Waals surface area contributed by atoms with Gasteiger partial charge < -0.3 is 5.11 Å². The van der Waals surface area contributed by atoms with Crippen LogP contribution in [0.15, 0.2) is 59.1 Å². The molecule has 4 heteroatoms. The predicted molar refractivity (Wildman–Crippen MR) is 80.9 cm³/mol. The van der Waals surface area contributed by atoms with Gasteiger partial charge in [0.05, 0.1) is 5.56 Å². The average molecular weight is 331 g/mol. The lowest BCUT2D eigenvalue weighted by Gasteiger charge is -1.98. The molecule has 0 aromatic heterocycles. The Labute approximate surface area is 124 Å². The zero-order chi connectivity index (χ0) is 14.5. The van der Waals surface area contributed by atoms with Crippen LogP contribution >= 0.6 is 15.9 Å². The molecule has 100 valence electrons. The van der Waals surface area contributed by atoms with Crippen molar-refractivity contribution in [1.82, 2.24) is 0 Å². The maximum atomic E-state index is 11.9. The number of ketones is 1. The van der Waals surface area contributed by atoms with Crippen molar-refractivity contribution in [3.63, 3.8) is 0 Å². The molecule has 0 unspecified atom stereocenters. The number of carbonyl (C=O) groups excluding carboxylic acids is 1. The second-order valence-electron chi connectivity index (χ2n) is 4.14. The predicted octanol–water partition coefficient (Wildman–Crippen LogP) is 4.04. The van der Waals surface area contributed by atoms with Gasteiger partial charge in [-0.15, -0.1) is 0 Å². The second kappa shape index (κ2) is 6.30. The van der Waals surface area contributed by atoms with Gasteiger partial charge in [0, 0.05) is 10.0 Å². The fourth-order valence-corrected chi connectivity index (χ4v) is 2.05. The molecule has 0 radical (unpaired) electrons. The van der Waals surface area contributed by atoms with Crippen molar-refractivity contribution in [3.05, 3.63) is 75.8 Å². The molecular weight excluding hydrogens is 320 g/mol. The third-order valence-electron chi connectivity index (χ3n) is 2.69. The van der Waals surface area contributed by atoms with E-state index in [0.29, 0.717) is 5.56 Å². The molecule has 0 bridgehead atoms. The molecule has 20 heavy (non-hydrogen) atoms. The van der Waals surface area contributed by atoms with Crippen molar-refractivity contribution in [2.45, 2.75) is 0 Å². The number of allylic oxidation sites excluding steroid dienone is 1. The molecule has 0 fully saturated rings. The SMILES string of the molecule is O=C(O)c1ccc(C=CC(=O)c2cccc(Br)c2)cc1. The molecule has 2 aromatic rings. The molecular formula is C16H11BrO3. The molecule has 0 spiro atoms. The first kappa shape index (κ1) is 14.2. The van der Waals surface area contributed by atoms with E-state index in [4.69, 9.17) is 5.11 Å². The fourth-order valence-electron chi connectivity index (χ4n) is 1.65. The minimum Gasteiger partial charge on any atom is -0.478 e. The van der Waals surface area contributed by atoms with Crippen LogP contribution in [0, 0.1) is 0 Å². The molecule has 0 atom stereocenters. The van der Waals surface area contributed by atoms with Gasteiger partial charge in [0.15, 0.2) is 5.78 Å². The Morgan fingerprint density at radius 3 is 2.30 bits per heavy atom. The van der Waals surface area contributed by atoms with E-state index in [1.807, 2.05) is 6.07 Å². The van der Waals surface area contributed by atoms with Gasteiger partial charge in [-0.05, 0) is 35.9 Å². The monoisotopic (exact) mass is 330 g/mol. The lowest BCUT2D eigenvalue weighted by atomic mass is 10.1. The molecule has 0 heterocycles. The minimum atomic E-state index is -0.967. The molecule has 3 nitrogen and oxygen atoms in total. The normalized spacial score (nSPS) is 10.7. The summed E-state index contributed by atoms with van der Waals surface area (Å²) in [5.41, 5.74) is 1.59. The molecule has 2 aromatic carbocycles. The molecule has 0 saturated heterocycles. The number of carbonyl (C=O) groups is 2. The summed E-state index contributed by atoms with van der Waals surface area (Å²) in [5, 5.41) is 8.79. The largest absolute Gasteiger partial charge is 0.478 e. The van der Waals surface area contributed by atoms with Crippen molar-refractivity contribution in [3.8, 4) is 0 Å². The van der Waals surface area contributed by atoms with E-state index < -0.39 is 5.97 Å². The molecule has 1 N–H and O–H groups in total. The van der Waals surface area contributed by atoms with E-state index in [-0.39, 0.29) is 11.3 Å². The maximum absolute atomic E-state index is 11.9. The van der Waals surface area contributed by atoms with E-state index in [9.17, 15) is 9.59 Å². The molecule has 0 aliphatic rings. The smallest absolute Gasteiger partial charge is 0.335 e. The topological polar surface area (TPSA) is 54.4 Å². The minimum absolute atomic E-state index is 0.103. The maximum Gasteiger partial charge on any atom is 0.335 e. The Morgan fingerprint density at radius 1 is 1.00 bits per heavy atom. The number of rotatable bonds is 4. The van der Waals surface area contributed by atoms with Gasteiger partial charge in [-0.2, -0.15) is 0 Å². The van der Waals surface area contributed by atoms with Gasteiger partial charge in [0.2, 0.25) is 0 Å². The lowest BCUT2D eigenvalue weighted by molar-refractivity contribution is 0.0696. The van der Waals surface area contributed by atoms with E-state index in [1.54, 1.807) is 36.4 Å². The number of hydrogen-bond acceptors (Lipinski definition) is 2. The summed E-state index contributed by atoms with van der Waals surface area (Å²) in [6, 6.07) is 13.5. The van der Waals surface area contributed by atoms with Gasteiger partial charge >= 0.3 is 5.97 Å². The standard InChI is InChI=1S/C16H11BrO3/c17-14-3-1-2-13(10-14)15(18)9-6-11-4-7-12(8-5-11)16(19)20/h1-10H,(H,19,20). The summed E-state index contributed by atoms with van der Waals surface area (Å²) >= 11 is 3.32. The van der Waals surface area contributed by atoms with E-state index >= 15 is 0 Å². The first-order valence-electron chi connectivity index (χ1n) is 5.87. The van der Waals surface area contributed by atoms with Crippen molar-refractivity contribution in [2.24, 2.45) is 0 Å². The van der Waals surface area contributed by atoms with E-state index in [1.165, 1.54) is 18.2 Å². The third kappa shape index (κ3) is 3.65. The summed E-state index contributed by atoms with van der Waals surface area (Å²) in [6.45, 7) is 0. The Balaban J connectivity index is 2.13. The quantitative estimate of drug-likeness (QED) is 0.679. The first-order valence-corrected chi connectivity index (χ1v) is 6.67. The van der Waals surface area contributed by atoms with Crippen LogP contribution in [-0.2, 0) is 0 Å². The summed E-state index contributed by atoms with van der Waals surface area (Å²) < 4.78 is 0.850. The van der Waals surface area contributed by atoms with Crippen LogP contribution in [0.1, 0.15) is 26.3 Å². The van der Waals surface area contributed by atoms with Crippen LogP contribution in [0.3, 0.4) is 0 Å². The average Bonchev–Trinajstić information content (AvgIpc) is 2.45. The molecule has 2 rings (SSSR count). The van der Waals surface area contributed by atoms with Crippen LogP contribution in [0.4, 0.5) is 0 Å². The Hall–Kier alpha value is -2.20. The Bertz CT molecular complexity index is 672. The van der Waals surface area contributed by atoms with Crippen LogP contribution in [0.5, 0.6) is 0 Å². The third-order valence-corrected chi connectivity index (χ3v) is 3.19. The van der Waals surface area contributed by atoms with Crippen molar-refractivity contribution >= 4 is 33.8 Å². The summed E-state index contributed by atoms with van der Waals surface area (Å²) in [5.74, 6) is -1.07. The van der Waals surface area contributed by atoms with Gasteiger partial charge in [-0.25, -0.2) is 4.79 Å². The number of halogens is 1. The van der Waals surface area contributed by atoms with E-state index in [0.717, 1.165) is 10.0 Å². The highest BCUT2D eigenvalue weighted by Crippen LogP contribution is 2.13. The van der Waals surface area contributed by atoms with E-state index in [2.05, 4.69) is 15.9 Å². The first-order chi connectivity index (χ1) is 9.56. The van der Waals surface area contributed by atoms with Crippen LogP contribution in [0.25, 0.3) is 6.08 Å². The number of aromatic carboxylic acids is 1. The molecule has 0 saturated carbocycles. The van der Waals surface area contributed by atoms with Gasteiger partial charge in [-0.3, -0.25) is 4.79 Å². The zero-order valence-corrected chi connectivity index (χ0v) is 12.0. The van der Waals surface area contributed by atoms with Crippen LogP contribution in [0.2, 0.25) is 0 Å². The summed E-state index contributed by atoms with van der Waals surface area (Å²) in [7, 11) is 0. The van der Waals surface area contributed by atoms with Crippen molar-refractivity contribution < 1.29 is 14.7 Å². The van der Waals surface area contributed by atoms with Gasteiger partial charge in [0.1, 0.15) is 0 Å². The number of carboxylic acid groups (broad SMARTS) is 1. The second-order valence-corrected chi connectivity index (χ2v) is 5.05.